The molecule has 0 amide bonds. The first-order chi connectivity index (χ1) is 16.4. The molecule has 12 nitrogen and oxygen atoms in total. The number of carboxylic acid groups (broad SMARTS) is 1. The van der Waals surface area contributed by atoms with Crippen molar-refractivity contribution in [3.05, 3.63) is 29.8 Å². The molecule has 2 heterocycles. The summed E-state index contributed by atoms with van der Waals surface area (Å²) in [5.41, 5.74) is 1.31. The molecule has 0 saturated heterocycles. The van der Waals surface area contributed by atoms with Crippen molar-refractivity contribution in [2.45, 2.75) is 64.5 Å². The molecule has 0 aromatic carbocycles. The summed E-state index contributed by atoms with van der Waals surface area (Å²) < 4.78 is 29.5. The molecule has 4 N–H and O–H groups in total. The zero-order valence-electron chi connectivity index (χ0n) is 20.8. The number of hydrogen-bond donors (Lipinski definition) is 3. The summed E-state index contributed by atoms with van der Waals surface area (Å²) in [6, 6.07) is 4.54. The molecule has 35 heavy (non-hydrogen) atoms. The van der Waals surface area contributed by atoms with Crippen molar-refractivity contribution in [3.63, 3.8) is 0 Å². The first-order valence-electron chi connectivity index (χ1n) is 11.7. The molecule has 0 aliphatic rings. The molecule has 0 spiro atoms. The summed E-state index contributed by atoms with van der Waals surface area (Å²) in [4.78, 5) is 16.6. The molecule has 0 fully saturated rings. The Kier molecular flexibility index (Phi) is 10.7. The number of carbonyl (C=O) groups is 1. The van der Waals surface area contributed by atoms with Gasteiger partial charge >= 0.3 is 5.97 Å². The highest BCUT2D eigenvalue weighted by Gasteiger charge is 2.33. The number of primary sulfonamides is 1. The predicted molar refractivity (Wildman–Crippen MR) is 135 cm³/mol. The number of ether oxygens (including phenoxy) is 1. The van der Waals surface area contributed by atoms with E-state index < -0.39 is 35.9 Å². The third-order valence-electron chi connectivity index (χ3n) is 5.47. The predicted octanol–water partition coefficient (Wildman–Crippen LogP) is 1.91. The van der Waals surface area contributed by atoms with Gasteiger partial charge in [-0.25, -0.2) is 18.2 Å². The fourth-order valence-electron chi connectivity index (χ4n) is 3.53. The Bertz CT molecular complexity index is 1040. The van der Waals surface area contributed by atoms with Crippen LogP contribution in [0.3, 0.4) is 0 Å². The van der Waals surface area contributed by atoms with Gasteiger partial charge in [0, 0.05) is 39.3 Å². The lowest BCUT2D eigenvalue weighted by atomic mass is 9.84. The van der Waals surface area contributed by atoms with Crippen molar-refractivity contribution in [3.8, 4) is 0 Å². The number of aromatic nitrogens is 5. The van der Waals surface area contributed by atoms with Gasteiger partial charge in [0.25, 0.3) is 0 Å². The number of aliphatic carboxylic acids is 1. The number of nitrogens with two attached hydrogens (primary N) is 1. The maximum atomic E-state index is 12.2. The SMILES string of the molecule is CCCC(C(=O)O)[C@H](Cc1ccc(NCCS(N)(=O)=O)cn1)c1nnnn1COCC[Si](C)(C)C. The monoisotopic (exact) mass is 527 g/mol. The van der Waals surface area contributed by atoms with E-state index in [0.717, 1.165) is 6.04 Å². The van der Waals surface area contributed by atoms with Crippen LogP contribution in [0.15, 0.2) is 18.3 Å². The van der Waals surface area contributed by atoms with Gasteiger partial charge in [-0.2, -0.15) is 0 Å². The van der Waals surface area contributed by atoms with Gasteiger partial charge in [-0.3, -0.25) is 9.78 Å². The fraction of sp³-hybridized carbons (Fsp3) is 0.667. The zero-order valence-corrected chi connectivity index (χ0v) is 22.7. The first-order valence-corrected chi connectivity index (χ1v) is 17.1. The van der Waals surface area contributed by atoms with E-state index in [0.29, 0.717) is 43.1 Å². The van der Waals surface area contributed by atoms with E-state index in [1.54, 1.807) is 18.3 Å². The minimum atomic E-state index is -3.55. The van der Waals surface area contributed by atoms with E-state index >= 15 is 0 Å². The number of tetrazole rings is 1. The van der Waals surface area contributed by atoms with E-state index in [4.69, 9.17) is 9.88 Å². The maximum absolute atomic E-state index is 12.2. The minimum Gasteiger partial charge on any atom is -0.481 e. The van der Waals surface area contributed by atoms with E-state index in [-0.39, 0.29) is 19.0 Å². The Labute approximate surface area is 207 Å². The van der Waals surface area contributed by atoms with Crippen LogP contribution in [0.5, 0.6) is 0 Å². The molecule has 0 radical (unpaired) electrons. The van der Waals surface area contributed by atoms with Crippen molar-refractivity contribution < 1.29 is 23.1 Å². The lowest BCUT2D eigenvalue weighted by molar-refractivity contribution is -0.143. The van der Waals surface area contributed by atoms with Crippen molar-refractivity contribution in [2.24, 2.45) is 11.1 Å². The maximum Gasteiger partial charge on any atom is 0.307 e. The van der Waals surface area contributed by atoms with Crippen LogP contribution in [0.1, 0.15) is 37.2 Å². The number of rotatable bonds is 16. The number of nitrogens with zero attached hydrogens (tertiary/aromatic N) is 5. The number of hydrogen-bond acceptors (Lipinski definition) is 9. The molecule has 196 valence electrons. The smallest absolute Gasteiger partial charge is 0.307 e. The Morgan fingerprint density at radius 1 is 1.31 bits per heavy atom. The lowest BCUT2D eigenvalue weighted by Crippen LogP contribution is -2.28. The molecule has 2 atom stereocenters. The van der Waals surface area contributed by atoms with Gasteiger partial charge in [0.2, 0.25) is 10.0 Å². The molecule has 0 saturated carbocycles. The highest BCUT2D eigenvalue weighted by atomic mass is 32.2. The van der Waals surface area contributed by atoms with Gasteiger partial charge < -0.3 is 15.2 Å². The van der Waals surface area contributed by atoms with Gasteiger partial charge in [-0.05, 0) is 35.0 Å². The van der Waals surface area contributed by atoms with E-state index in [1.165, 1.54) is 4.68 Å². The second-order valence-corrected chi connectivity index (χ2v) is 17.1. The van der Waals surface area contributed by atoms with Gasteiger partial charge in [-0.15, -0.1) is 5.10 Å². The van der Waals surface area contributed by atoms with Crippen molar-refractivity contribution >= 4 is 29.8 Å². The first kappa shape index (κ1) is 28.8. The number of anilines is 1. The van der Waals surface area contributed by atoms with Crippen LogP contribution in [0.4, 0.5) is 5.69 Å². The number of sulfonamides is 1. The average molecular weight is 528 g/mol. The van der Waals surface area contributed by atoms with Crippen LogP contribution >= 0.6 is 0 Å². The molecule has 1 unspecified atom stereocenters. The van der Waals surface area contributed by atoms with Gasteiger partial charge in [-0.1, -0.05) is 33.0 Å². The van der Waals surface area contributed by atoms with Crippen molar-refractivity contribution in [2.75, 3.05) is 24.2 Å². The number of pyridine rings is 1. The van der Waals surface area contributed by atoms with Crippen LogP contribution < -0.4 is 10.5 Å². The third-order valence-corrected chi connectivity index (χ3v) is 7.95. The molecular weight excluding hydrogens is 490 g/mol. The fourth-order valence-corrected chi connectivity index (χ4v) is 4.68. The molecule has 2 aromatic heterocycles. The summed E-state index contributed by atoms with van der Waals surface area (Å²) >= 11 is 0. The summed E-state index contributed by atoms with van der Waals surface area (Å²) in [5.74, 6) is -1.85. The molecule has 14 heteroatoms. The summed E-state index contributed by atoms with van der Waals surface area (Å²) in [7, 11) is -4.80. The number of nitrogens with one attached hydrogen (secondary N) is 1. The van der Waals surface area contributed by atoms with E-state index in [1.807, 2.05) is 6.92 Å². The molecule has 2 aromatic rings. The average Bonchev–Trinajstić information content (AvgIpc) is 3.21. The third kappa shape index (κ3) is 10.4. The zero-order chi connectivity index (χ0) is 26.1. The molecular formula is C21H37N7O5SSi. The van der Waals surface area contributed by atoms with E-state index in [2.05, 4.69) is 45.5 Å². The van der Waals surface area contributed by atoms with Crippen molar-refractivity contribution in [1.29, 1.82) is 0 Å². The Morgan fingerprint density at radius 2 is 2.06 bits per heavy atom. The Hall–Kier alpha value is -2.42. The topological polar surface area (TPSA) is 175 Å². The molecule has 0 aliphatic heterocycles. The standard InChI is InChI=1S/C21H37N7O5SSi/c1-5-6-18(21(29)30)19(20-25-26-27-28(20)15-33-10-12-35(2,3)4)13-16-7-8-17(14-24-16)23-9-11-34(22,31)32/h7-8,14,18-19,23H,5-6,9-13,15H2,1-4H3,(H,29,30)(H2,22,31,32)/t18?,19-/m0/s1. The van der Waals surface area contributed by atoms with Gasteiger partial charge in [0.05, 0.1) is 23.6 Å². The normalized spacial score (nSPS) is 14.0. The highest BCUT2D eigenvalue weighted by molar-refractivity contribution is 7.89. The number of carboxylic acids is 1. The van der Waals surface area contributed by atoms with Crippen LogP contribution in [-0.2, 0) is 32.7 Å². The van der Waals surface area contributed by atoms with E-state index in [9.17, 15) is 18.3 Å². The second-order valence-electron chi connectivity index (χ2n) is 9.76. The largest absolute Gasteiger partial charge is 0.481 e. The van der Waals surface area contributed by atoms with Gasteiger partial charge in [0.1, 0.15) is 6.73 Å². The van der Waals surface area contributed by atoms with Crippen LogP contribution in [0.25, 0.3) is 0 Å². The van der Waals surface area contributed by atoms with Crippen LogP contribution in [-0.4, -0.2) is 71.7 Å². The van der Waals surface area contributed by atoms with Crippen LogP contribution in [0, 0.1) is 5.92 Å². The minimum absolute atomic E-state index is 0.155. The van der Waals surface area contributed by atoms with Crippen molar-refractivity contribution in [1.82, 2.24) is 25.2 Å². The quantitative estimate of drug-likeness (QED) is 0.216. The van der Waals surface area contributed by atoms with Crippen LogP contribution in [0.2, 0.25) is 25.7 Å². The summed E-state index contributed by atoms with van der Waals surface area (Å²) in [6.45, 7) is 9.66. The highest BCUT2D eigenvalue weighted by Crippen LogP contribution is 2.30. The Balaban J connectivity index is 2.18. The van der Waals surface area contributed by atoms with Gasteiger partial charge in [0.15, 0.2) is 5.82 Å². The molecule has 2 rings (SSSR count). The Morgan fingerprint density at radius 3 is 2.63 bits per heavy atom. The summed E-state index contributed by atoms with van der Waals surface area (Å²) in [6.07, 6.45) is 3.07. The second kappa shape index (κ2) is 13.0. The molecule has 0 aliphatic carbocycles. The summed E-state index contributed by atoms with van der Waals surface area (Å²) in [5, 5.41) is 29.9. The molecule has 0 bridgehead atoms. The lowest BCUT2D eigenvalue weighted by Gasteiger charge is -2.23.